The summed E-state index contributed by atoms with van der Waals surface area (Å²) >= 11 is 0. The minimum Gasteiger partial charge on any atom is -0.356 e. The highest BCUT2D eigenvalue weighted by Gasteiger charge is 2.25. The molecule has 5 aromatic rings. The number of halogens is 1. The van der Waals surface area contributed by atoms with Crippen LogP contribution in [0, 0.1) is 11.7 Å². The van der Waals surface area contributed by atoms with Gasteiger partial charge in [0.2, 0.25) is 0 Å². The van der Waals surface area contributed by atoms with Crippen molar-refractivity contribution in [1.29, 1.82) is 0 Å². The smallest absolute Gasteiger partial charge is 0.150 e. The molecule has 0 spiro atoms. The Balaban J connectivity index is 1.37. The van der Waals surface area contributed by atoms with Crippen molar-refractivity contribution in [3.8, 4) is 16.8 Å². The number of aromatic nitrogens is 3. The van der Waals surface area contributed by atoms with Crippen LogP contribution in [0.5, 0.6) is 0 Å². The van der Waals surface area contributed by atoms with Gasteiger partial charge in [-0.15, -0.1) is 0 Å². The second-order valence-corrected chi connectivity index (χ2v) is 9.27. The SMILES string of the molecule is Fc1ccc(-n2cc(-c3ccccc3)c3c(N4CCC(Cc5ccccc5)CC4)ncnc32)cc1. The van der Waals surface area contributed by atoms with E-state index in [9.17, 15) is 4.39 Å². The molecule has 1 saturated heterocycles. The summed E-state index contributed by atoms with van der Waals surface area (Å²) in [7, 11) is 0. The molecular formula is C30H27FN4. The Hall–Kier alpha value is -3.99. The fraction of sp³-hybridized carbons (Fsp3) is 0.200. The fourth-order valence-electron chi connectivity index (χ4n) is 5.22. The molecule has 6 rings (SSSR count). The van der Waals surface area contributed by atoms with Gasteiger partial charge in [-0.05, 0) is 60.6 Å². The van der Waals surface area contributed by atoms with Gasteiger partial charge in [-0.3, -0.25) is 0 Å². The van der Waals surface area contributed by atoms with E-state index in [1.807, 2.05) is 10.6 Å². The summed E-state index contributed by atoms with van der Waals surface area (Å²) in [5, 5.41) is 1.05. The minimum atomic E-state index is -0.248. The van der Waals surface area contributed by atoms with Gasteiger partial charge in [-0.25, -0.2) is 14.4 Å². The molecule has 0 aliphatic carbocycles. The monoisotopic (exact) mass is 462 g/mol. The zero-order valence-electron chi connectivity index (χ0n) is 19.5. The van der Waals surface area contributed by atoms with Gasteiger partial charge in [0.1, 0.15) is 18.0 Å². The third kappa shape index (κ3) is 4.30. The molecule has 0 amide bonds. The fourth-order valence-corrected chi connectivity index (χ4v) is 5.22. The lowest BCUT2D eigenvalue weighted by molar-refractivity contribution is 0.402. The Bertz CT molecular complexity index is 1420. The van der Waals surface area contributed by atoms with Crippen LogP contribution in [0.15, 0.2) is 97.5 Å². The molecule has 0 unspecified atom stereocenters. The van der Waals surface area contributed by atoms with Crippen LogP contribution in [-0.2, 0) is 6.42 Å². The van der Waals surface area contributed by atoms with Crippen molar-refractivity contribution in [1.82, 2.24) is 14.5 Å². The van der Waals surface area contributed by atoms with Crippen molar-refractivity contribution in [2.75, 3.05) is 18.0 Å². The van der Waals surface area contributed by atoms with Crippen molar-refractivity contribution < 1.29 is 4.39 Å². The summed E-state index contributed by atoms with van der Waals surface area (Å²) in [5.41, 5.74) is 5.34. The Morgan fingerprint density at radius 2 is 1.49 bits per heavy atom. The standard InChI is InChI=1S/C30H27FN4/c31-25-11-13-26(14-12-25)35-20-27(24-9-5-2-6-10-24)28-29(32-21-33-30(28)35)34-17-15-23(16-18-34)19-22-7-3-1-4-8-22/h1-14,20-21,23H,15-19H2. The van der Waals surface area contributed by atoms with Gasteiger partial charge in [0, 0.05) is 30.5 Å². The van der Waals surface area contributed by atoms with E-state index in [0.717, 1.165) is 66.0 Å². The van der Waals surface area contributed by atoms with E-state index >= 15 is 0 Å². The van der Waals surface area contributed by atoms with Crippen LogP contribution in [0.3, 0.4) is 0 Å². The Morgan fingerprint density at radius 3 is 2.20 bits per heavy atom. The number of anilines is 1. The predicted molar refractivity (Wildman–Crippen MR) is 139 cm³/mol. The maximum absolute atomic E-state index is 13.6. The van der Waals surface area contributed by atoms with Gasteiger partial charge in [-0.2, -0.15) is 0 Å². The summed E-state index contributed by atoms with van der Waals surface area (Å²) in [6, 6.07) is 27.7. The van der Waals surface area contributed by atoms with Crippen LogP contribution < -0.4 is 4.90 Å². The van der Waals surface area contributed by atoms with Crippen molar-refractivity contribution >= 4 is 16.9 Å². The zero-order chi connectivity index (χ0) is 23.6. The number of rotatable bonds is 5. The average Bonchev–Trinajstić information content (AvgIpc) is 3.31. The van der Waals surface area contributed by atoms with Crippen molar-refractivity contribution in [3.05, 3.63) is 109 Å². The van der Waals surface area contributed by atoms with E-state index in [2.05, 4.69) is 70.7 Å². The van der Waals surface area contributed by atoms with Crippen molar-refractivity contribution in [3.63, 3.8) is 0 Å². The lowest BCUT2D eigenvalue weighted by Gasteiger charge is -2.33. The molecule has 3 heterocycles. The van der Waals surface area contributed by atoms with Gasteiger partial charge < -0.3 is 9.47 Å². The molecule has 35 heavy (non-hydrogen) atoms. The minimum absolute atomic E-state index is 0.248. The zero-order valence-corrected chi connectivity index (χ0v) is 19.5. The topological polar surface area (TPSA) is 34.0 Å². The second-order valence-electron chi connectivity index (χ2n) is 9.27. The summed E-state index contributed by atoms with van der Waals surface area (Å²) in [4.78, 5) is 11.9. The van der Waals surface area contributed by atoms with E-state index in [0.29, 0.717) is 5.92 Å². The number of benzene rings is 3. The van der Waals surface area contributed by atoms with Gasteiger partial charge in [-0.1, -0.05) is 60.7 Å². The average molecular weight is 463 g/mol. The van der Waals surface area contributed by atoms with Crippen molar-refractivity contribution in [2.45, 2.75) is 19.3 Å². The van der Waals surface area contributed by atoms with E-state index in [1.165, 1.54) is 17.7 Å². The number of fused-ring (bicyclic) bond motifs is 1. The molecule has 1 fully saturated rings. The van der Waals surface area contributed by atoms with Gasteiger partial charge >= 0.3 is 0 Å². The van der Waals surface area contributed by atoms with Gasteiger partial charge in [0.15, 0.2) is 5.65 Å². The summed E-state index contributed by atoms with van der Waals surface area (Å²) in [5.74, 6) is 1.42. The first-order chi connectivity index (χ1) is 17.3. The third-order valence-corrected chi connectivity index (χ3v) is 7.03. The van der Waals surface area contributed by atoms with Crippen LogP contribution in [0.4, 0.5) is 10.2 Å². The largest absolute Gasteiger partial charge is 0.356 e. The molecule has 1 aliphatic rings. The number of piperidine rings is 1. The highest BCUT2D eigenvalue weighted by atomic mass is 19.1. The summed E-state index contributed by atoms with van der Waals surface area (Å²) in [6.45, 7) is 1.94. The Kier molecular flexibility index (Phi) is 5.75. The highest BCUT2D eigenvalue weighted by molar-refractivity contribution is 6.02. The summed E-state index contributed by atoms with van der Waals surface area (Å²) < 4.78 is 15.7. The highest BCUT2D eigenvalue weighted by Crippen LogP contribution is 2.38. The maximum atomic E-state index is 13.6. The van der Waals surface area contributed by atoms with Crippen molar-refractivity contribution in [2.24, 2.45) is 5.92 Å². The van der Waals surface area contributed by atoms with Crippen LogP contribution >= 0.6 is 0 Å². The molecule has 0 saturated carbocycles. The molecular weight excluding hydrogens is 435 g/mol. The Labute approximate surface area is 204 Å². The number of hydrogen-bond acceptors (Lipinski definition) is 3. The first kappa shape index (κ1) is 21.5. The lowest BCUT2D eigenvalue weighted by atomic mass is 9.90. The number of hydrogen-bond donors (Lipinski definition) is 0. The third-order valence-electron chi connectivity index (χ3n) is 7.03. The molecule has 5 heteroatoms. The molecule has 0 bridgehead atoms. The van der Waals surface area contributed by atoms with E-state index in [-0.39, 0.29) is 5.82 Å². The first-order valence-electron chi connectivity index (χ1n) is 12.2. The van der Waals surface area contributed by atoms with Gasteiger partial charge in [0.25, 0.3) is 0 Å². The molecule has 0 radical (unpaired) electrons. The lowest BCUT2D eigenvalue weighted by Crippen LogP contribution is -2.35. The molecule has 3 aromatic carbocycles. The van der Waals surface area contributed by atoms with Crippen LogP contribution in [0.25, 0.3) is 27.8 Å². The molecule has 2 aromatic heterocycles. The molecule has 1 aliphatic heterocycles. The van der Waals surface area contributed by atoms with Crippen LogP contribution in [0.1, 0.15) is 18.4 Å². The molecule has 0 atom stereocenters. The molecule has 4 nitrogen and oxygen atoms in total. The molecule has 174 valence electrons. The van der Waals surface area contributed by atoms with Gasteiger partial charge in [0.05, 0.1) is 5.39 Å². The quantitative estimate of drug-likeness (QED) is 0.292. The normalized spacial score (nSPS) is 14.5. The summed E-state index contributed by atoms with van der Waals surface area (Å²) in [6.07, 6.45) is 7.17. The van der Waals surface area contributed by atoms with Crippen LogP contribution in [-0.4, -0.2) is 27.6 Å². The Morgan fingerprint density at radius 1 is 0.800 bits per heavy atom. The van der Waals surface area contributed by atoms with Crippen LogP contribution in [0.2, 0.25) is 0 Å². The van der Waals surface area contributed by atoms with E-state index < -0.39 is 0 Å². The second kappa shape index (κ2) is 9.34. The number of nitrogens with zero attached hydrogens (tertiary/aromatic N) is 4. The predicted octanol–water partition coefficient (Wildman–Crippen LogP) is 6.69. The molecule has 0 N–H and O–H groups in total. The first-order valence-corrected chi connectivity index (χ1v) is 12.2. The van der Waals surface area contributed by atoms with E-state index in [1.54, 1.807) is 18.5 Å². The van der Waals surface area contributed by atoms with E-state index in [4.69, 9.17) is 4.98 Å². The maximum Gasteiger partial charge on any atom is 0.150 e.